The van der Waals surface area contributed by atoms with Crippen LogP contribution in [0.2, 0.25) is 0 Å². The zero-order chi connectivity index (χ0) is 8.97. The highest BCUT2D eigenvalue weighted by Crippen LogP contribution is 1.94. The summed E-state index contributed by atoms with van der Waals surface area (Å²) in [5, 5.41) is 0. The molecular weight excluding hydrogens is 152 g/mol. The van der Waals surface area contributed by atoms with Gasteiger partial charge in [-0.3, -0.25) is 4.79 Å². The molecule has 66 valence electrons. The Morgan fingerprint density at radius 1 is 1.58 bits per heavy atom. The largest absolute Gasteiger partial charge is 0.330 e. The molecule has 0 aromatic carbocycles. The normalized spacial score (nSPS) is 10.2. The molecule has 0 amide bonds. The molecule has 12 heavy (non-hydrogen) atoms. The Bertz CT molecular complexity index is 304. The third-order valence-electron chi connectivity index (χ3n) is 1.83. The highest BCUT2D eigenvalue weighted by Gasteiger charge is 1.95. The molecule has 0 saturated carbocycles. The summed E-state index contributed by atoms with van der Waals surface area (Å²) in [6.07, 6.45) is 2.59. The molecule has 0 atom stereocenters. The molecule has 0 aliphatic rings. The summed E-state index contributed by atoms with van der Waals surface area (Å²) < 4.78 is 1.67. The van der Waals surface area contributed by atoms with Crippen LogP contribution in [-0.2, 0) is 13.0 Å². The van der Waals surface area contributed by atoms with Crippen LogP contribution in [0.4, 0.5) is 0 Å². The van der Waals surface area contributed by atoms with Gasteiger partial charge < -0.3 is 10.3 Å². The Kier molecular flexibility index (Phi) is 3.05. The summed E-state index contributed by atoms with van der Waals surface area (Å²) in [5.41, 5.74) is 6.45. The number of nitrogens with two attached hydrogens (primary N) is 1. The molecule has 0 bridgehead atoms. The van der Waals surface area contributed by atoms with Crippen LogP contribution < -0.4 is 11.3 Å². The summed E-state index contributed by atoms with van der Waals surface area (Å²) in [6.45, 7) is 3.27. The number of aromatic nitrogens is 1. The number of aryl methyl sites for hydroxylation is 1. The smallest absolute Gasteiger partial charge is 0.250 e. The Hall–Kier alpha value is -1.09. The van der Waals surface area contributed by atoms with Crippen LogP contribution in [0.5, 0.6) is 0 Å². The third-order valence-corrected chi connectivity index (χ3v) is 1.83. The molecule has 0 spiro atoms. The first kappa shape index (κ1) is 9.00. The van der Waals surface area contributed by atoms with Gasteiger partial charge in [0.1, 0.15) is 0 Å². The minimum atomic E-state index is 0.0588. The molecule has 3 heteroatoms. The van der Waals surface area contributed by atoms with Crippen molar-refractivity contribution in [1.82, 2.24) is 4.57 Å². The zero-order valence-corrected chi connectivity index (χ0v) is 7.29. The van der Waals surface area contributed by atoms with Crippen molar-refractivity contribution in [2.75, 3.05) is 6.54 Å². The minimum absolute atomic E-state index is 0.0588. The molecule has 1 aromatic rings. The van der Waals surface area contributed by atoms with Crippen molar-refractivity contribution in [1.29, 1.82) is 0 Å². The van der Waals surface area contributed by atoms with Gasteiger partial charge in [0.2, 0.25) is 0 Å². The summed E-state index contributed by atoms with van der Waals surface area (Å²) >= 11 is 0. The number of nitrogens with zero attached hydrogens (tertiary/aromatic N) is 1. The second-order valence-electron chi connectivity index (χ2n) is 2.70. The summed E-state index contributed by atoms with van der Waals surface area (Å²) in [5.74, 6) is 0. The van der Waals surface area contributed by atoms with Gasteiger partial charge in [-0.15, -0.1) is 0 Å². The quantitative estimate of drug-likeness (QED) is 0.705. The SMILES string of the molecule is CCn1ccc(CCN)cc1=O. The highest BCUT2D eigenvalue weighted by atomic mass is 16.1. The van der Waals surface area contributed by atoms with Crippen LogP contribution in [0, 0.1) is 0 Å². The van der Waals surface area contributed by atoms with E-state index in [2.05, 4.69) is 0 Å². The van der Waals surface area contributed by atoms with Gasteiger partial charge in [-0.05, 0) is 31.5 Å². The fourth-order valence-electron chi connectivity index (χ4n) is 1.13. The average Bonchev–Trinajstić information content (AvgIpc) is 2.05. The molecule has 2 N–H and O–H groups in total. The molecule has 1 heterocycles. The zero-order valence-electron chi connectivity index (χ0n) is 7.29. The number of rotatable bonds is 3. The predicted molar refractivity (Wildman–Crippen MR) is 49.1 cm³/mol. The van der Waals surface area contributed by atoms with Crippen molar-refractivity contribution < 1.29 is 0 Å². The lowest BCUT2D eigenvalue weighted by Crippen LogP contribution is -2.18. The summed E-state index contributed by atoms with van der Waals surface area (Å²) in [4.78, 5) is 11.3. The van der Waals surface area contributed by atoms with Gasteiger partial charge in [0.25, 0.3) is 5.56 Å². The van der Waals surface area contributed by atoms with Crippen LogP contribution in [0.15, 0.2) is 23.1 Å². The van der Waals surface area contributed by atoms with Crippen molar-refractivity contribution in [3.63, 3.8) is 0 Å². The second-order valence-corrected chi connectivity index (χ2v) is 2.70. The Balaban J connectivity index is 2.94. The Morgan fingerprint density at radius 2 is 2.33 bits per heavy atom. The lowest BCUT2D eigenvalue weighted by Gasteiger charge is -2.02. The van der Waals surface area contributed by atoms with Gasteiger partial charge in [0.15, 0.2) is 0 Å². The lowest BCUT2D eigenvalue weighted by molar-refractivity contribution is 0.722. The summed E-state index contributed by atoms with van der Waals surface area (Å²) in [6, 6.07) is 3.59. The number of hydrogen-bond donors (Lipinski definition) is 1. The second kappa shape index (κ2) is 4.07. The molecule has 0 fully saturated rings. The van der Waals surface area contributed by atoms with Crippen LogP contribution >= 0.6 is 0 Å². The van der Waals surface area contributed by atoms with E-state index in [-0.39, 0.29) is 5.56 Å². The Morgan fingerprint density at radius 3 is 2.83 bits per heavy atom. The van der Waals surface area contributed by atoms with Gasteiger partial charge in [0, 0.05) is 18.8 Å². The van der Waals surface area contributed by atoms with Crippen LogP contribution in [-0.4, -0.2) is 11.1 Å². The first-order valence-corrected chi connectivity index (χ1v) is 4.17. The highest BCUT2D eigenvalue weighted by molar-refractivity contribution is 5.11. The first-order valence-electron chi connectivity index (χ1n) is 4.17. The van der Waals surface area contributed by atoms with Crippen molar-refractivity contribution in [3.8, 4) is 0 Å². The topological polar surface area (TPSA) is 48.0 Å². The van der Waals surface area contributed by atoms with Gasteiger partial charge >= 0.3 is 0 Å². The Labute approximate surface area is 71.8 Å². The minimum Gasteiger partial charge on any atom is -0.330 e. The maximum Gasteiger partial charge on any atom is 0.250 e. The maximum absolute atomic E-state index is 11.3. The van der Waals surface area contributed by atoms with E-state index in [1.165, 1.54) is 0 Å². The predicted octanol–water partition coefficient (Wildman–Crippen LogP) is 0.369. The van der Waals surface area contributed by atoms with E-state index in [1.807, 2.05) is 19.2 Å². The van der Waals surface area contributed by atoms with E-state index in [4.69, 9.17) is 5.73 Å². The van der Waals surface area contributed by atoms with Gasteiger partial charge in [-0.2, -0.15) is 0 Å². The monoisotopic (exact) mass is 166 g/mol. The van der Waals surface area contributed by atoms with Gasteiger partial charge in [-0.1, -0.05) is 0 Å². The number of pyridine rings is 1. The van der Waals surface area contributed by atoms with Crippen LogP contribution in [0.1, 0.15) is 12.5 Å². The molecule has 0 radical (unpaired) electrons. The van der Waals surface area contributed by atoms with Crippen molar-refractivity contribution in [3.05, 3.63) is 34.2 Å². The number of hydrogen-bond acceptors (Lipinski definition) is 2. The molecule has 0 aliphatic carbocycles. The van der Waals surface area contributed by atoms with E-state index in [0.717, 1.165) is 18.5 Å². The molecule has 1 aromatic heterocycles. The fraction of sp³-hybridized carbons (Fsp3) is 0.444. The molecule has 0 unspecified atom stereocenters. The average molecular weight is 166 g/mol. The van der Waals surface area contributed by atoms with Crippen molar-refractivity contribution in [2.45, 2.75) is 19.9 Å². The molecule has 0 saturated heterocycles. The molecular formula is C9H14N2O. The maximum atomic E-state index is 11.3. The van der Waals surface area contributed by atoms with Gasteiger partial charge in [-0.25, -0.2) is 0 Å². The standard InChI is InChI=1S/C9H14N2O/c1-2-11-6-4-8(3-5-10)7-9(11)12/h4,6-7H,2-3,5,10H2,1H3. The molecule has 1 rings (SSSR count). The van der Waals surface area contributed by atoms with E-state index < -0.39 is 0 Å². The van der Waals surface area contributed by atoms with Gasteiger partial charge in [0.05, 0.1) is 0 Å². The van der Waals surface area contributed by atoms with E-state index in [1.54, 1.807) is 10.6 Å². The van der Waals surface area contributed by atoms with E-state index in [0.29, 0.717) is 6.54 Å². The molecule has 3 nitrogen and oxygen atoms in total. The lowest BCUT2D eigenvalue weighted by atomic mass is 10.2. The van der Waals surface area contributed by atoms with Crippen molar-refractivity contribution in [2.24, 2.45) is 5.73 Å². The van der Waals surface area contributed by atoms with Crippen LogP contribution in [0.25, 0.3) is 0 Å². The van der Waals surface area contributed by atoms with E-state index >= 15 is 0 Å². The summed E-state index contributed by atoms with van der Waals surface area (Å²) in [7, 11) is 0. The fourth-order valence-corrected chi connectivity index (χ4v) is 1.13. The van der Waals surface area contributed by atoms with Crippen molar-refractivity contribution >= 4 is 0 Å². The van der Waals surface area contributed by atoms with Crippen LogP contribution in [0.3, 0.4) is 0 Å². The van der Waals surface area contributed by atoms with E-state index in [9.17, 15) is 4.79 Å². The third kappa shape index (κ3) is 1.95. The first-order chi connectivity index (χ1) is 5.77. The molecule has 0 aliphatic heterocycles.